The van der Waals surface area contributed by atoms with Crippen molar-refractivity contribution < 1.29 is 0 Å². The zero-order valence-corrected chi connectivity index (χ0v) is 8.64. The molecule has 14 heavy (non-hydrogen) atoms. The number of nitrogens with zero attached hydrogens (tertiary/aromatic N) is 1. The van der Waals surface area contributed by atoms with E-state index in [1.165, 1.54) is 30.5 Å². The van der Waals surface area contributed by atoms with Gasteiger partial charge in [0.15, 0.2) is 5.82 Å². The van der Waals surface area contributed by atoms with Gasteiger partial charge >= 0.3 is 0 Å². The standard InChI is InChI=1S/C11H17N3/c1-2-5-12-11-9-7-3-4-8(6-7)10(9)13-14-11/h7-8H,2-6H2,1H3,(H2,12,13,14). The number of rotatable bonds is 3. The normalized spacial score (nSPS) is 28.1. The van der Waals surface area contributed by atoms with Crippen LogP contribution < -0.4 is 5.32 Å². The lowest BCUT2D eigenvalue weighted by molar-refractivity contribution is 0.700. The highest BCUT2D eigenvalue weighted by molar-refractivity contribution is 5.53. The van der Waals surface area contributed by atoms with Crippen LogP contribution in [0, 0.1) is 0 Å². The Kier molecular flexibility index (Phi) is 1.79. The van der Waals surface area contributed by atoms with Crippen molar-refractivity contribution in [3.63, 3.8) is 0 Å². The first-order valence-corrected chi connectivity index (χ1v) is 5.72. The lowest BCUT2D eigenvalue weighted by Gasteiger charge is -2.11. The summed E-state index contributed by atoms with van der Waals surface area (Å²) >= 11 is 0. The second-order valence-corrected chi connectivity index (χ2v) is 4.53. The van der Waals surface area contributed by atoms with Crippen LogP contribution in [0.1, 0.15) is 55.7 Å². The molecular weight excluding hydrogens is 174 g/mol. The Bertz CT molecular complexity index is 342. The van der Waals surface area contributed by atoms with Gasteiger partial charge in [-0.2, -0.15) is 5.10 Å². The first-order chi connectivity index (χ1) is 6.90. The molecule has 2 N–H and O–H groups in total. The van der Waals surface area contributed by atoms with Gasteiger partial charge in [0.25, 0.3) is 0 Å². The van der Waals surface area contributed by atoms with Gasteiger partial charge in [-0.1, -0.05) is 6.92 Å². The van der Waals surface area contributed by atoms with Gasteiger partial charge in [-0.15, -0.1) is 0 Å². The van der Waals surface area contributed by atoms with Gasteiger partial charge < -0.3 is 5.32 Å². The van der Waals surface area contributed by atoms with E-state index < -0.39 is 0 Å². The molecule has 0 spiro atoms. The fourth-order valence-electron chi connectivity index (χ4n) is 2.97. The molecule has 0 radical (unpaired) electrons. The largest absolute Gasteiger partial charge is 0.368 e. The molecule has 76 valence electrons. The summed E-state index contributed by atoms with van der Waals surface area (Å²) in [6.45, 7) is 3.22. The molecule has 3 rings (SSSR count). The Labute approximate surface area is 84.3 Å². The quantitative estimate of drug-likeness (QED) is 0.771. The molecule has 0 aromatic carbocycles. The first-order valence-electron chi connectivity index (χ1n) is 5.72. The molecule has 2 aliphatic rings. The summed E-state index contributed by atoms with van der Waals surface area (Å²) in [6, 6.07) is 0. The number of nitrogens with one attached hydrogen (secondary N) is 2. The number of aromatic amines is 1. The molecule has 1 fully saturated rings. The lowest BCUT2D eigenvalue weighted by atomic mass is 9.97. The van der Waals surface area contributed by atoms with Crippen LogP contribution in [0.25, 0.3) is 0 Å². The Morgan fingerprint density at radius 3 is 3.14 bits per heavy atom. The Hall–Kier alpha value is -0.990. The van der Waals surface area contributed by atoms with Gasteiger partial charge in [-0.25, -0.2) is 0 Å². The SMILES string of the molecule is CCCNc1n[nH]c2c1C1CCC2C1. The van der Waals surface area contributed by atoms with Crippen LogP contribution in [0.2, 0.25) is 0 Å². The van der Waals surface area contributed by atoms with E-state index in [4.69, 9.17) is 0 Å². The van der Waals surface area contributed by atoms with E-state index in [1.54, 1.807) is 0 Å². The van der Waals surface area contributed by atoms with E-state index in [0.717, 1.165) is 30.6 Å². The van der Waals surface area contributed by atoms with Gasteiger partial charge in [-0.3, -0.25) is 5.10 Å². The fraction of sp³-hybridized carbons (Fsp3) is 0.727. The van der Waals surface area contributed by atoms with E-state index in [9.17, 15) is 0 Å². The van der Waals surface area contributed by atoms with Crippen molar-refractivity contribution >= 4 is 5.82 Å². The molecule has 2 aliphatic carbocycles. The minimum Gasteiger partial charge on any atom is -0.368 e. The molecular formula is C11H17N3. The number of hydrogen-bond acceptors (Lipinski definition) is 2. The summed E-state index contributed by atoms with van der Waals surface area (Å²) in [5, 5.41) is 11.0. The van der Waals surface area contributed by atoms with Crippen molar-refractivity contribution in [2.45, 2.75) is 44.4 Å². The third-order valence-corrected chi connectivity index (χ3v) is 3.63. The fourth-order valence-corrected chi connectivity index (χ4v) is 2.97. The highest BCUT2D eigenvalue weighted by Crippen LogP contribution is 2.54. The van der Waals surface area contributed by atoms with Gasteiger partial charge in [0, 0.05) is 23.7 Å². The molecule has 0 saturated heterocycles. The molecule has 2 atom stereocenters. The van der Waals surface area contributed by atoms with E-state index in [1.807, 2.05) is 0 Å². The number of fused-ring (bicyclic) bond motifs is 5. The van der Waals surface area contributed by atoms with Crippen molar-refractivity contribution in [1.29, 1.82) is 0 Å². The maximum Gasteiger partial charge on any atom is 0.151 e. The molecule has 0 amide bonds. The van der Waals surface area contributed by atoms with Gasteiger partial charge in [0.1, 0.15) is 0 Å². The Morgan fingerprint density at radius 2 is 2.29 bits per heavy atom. The van der Waals surface area contributed by atoms with Crippen LogP contribution in [0.3, 0.4) is 0 Å². The van der Waals surface area contributed by atoms with Crippen molar-refractivity contribution in [2.75, 3.05) is 11.9 Å². The predicted molar refractivity (Wildman–Crippen MR) is 56.7 cm³/mol. The van der Waals surface area contributed by atoms with Gasteiger partial charge in [-0.05, 0) is 31.6 Å². The molecule has 1 aromatic rings. The summed E-state index contributed by atoms with van der Waals surface area (Å²) in [7, 11) is 0. The lowest BCUT2D eigenvalue weighted by Crippen LogP contribution is -2.04. The third-order valence-electron chi connectivity index (χ3n) is 3.63. The monoisotopic (exact) mass is 191 g/mol. The third kappa shape index (κ3) is 1.01. The summed E-state index contributed by atoms with van der Waals surface area (Å²) < 4.78 is 0. The topological polar surface area (TPSA) is 40.7 Å². The predicted octanol–water partition coefficient (Wildman–Crippen LogP) is 2.60. The number of hydrogen-bond donors (Lipinski definition) is 2. The zero-order chi connectivity index (χ0) is 9.54. The number of anilines is 1. The Balaban J connectivity index is 1.90. The van der Waals surface area contributed by atoms with Crippen LogP contribution in [0.5, 0.6) is 0 Å². The van der Waals surface area contributed by atoms with E-state index in [2.05, 4.69) is 22.4 Å². The first kappa shape index (κ1) is 8.33. The number of aromatic nitrogens is 2. The van der Waals surface area contributed by atoms with E-state index >= 15 is 0 Å². The van der Waals surface area contributed by atoms with E-state index in [-0.39, 0.29) is 0 Å². The van der Waals surface area contributed by atoms with E-state index in [0.29, 0.717) is 0 Å². The molecule has 2 bridgehead atoms. The molecule has 3 nitrogen and oxygen atoms in total. The minimum absolute atomic E-state index is 0.791. The minimum atomic E-state index is 0.791. The van der Waals surface area contributed by atoms with Crippen molar-refractivity contribution in [1.82, 2.24) is 10.2 Å². The zero-order valence-electron chi connectivity index (χ0n) is 8.64. The highest BCUT2D eigenvalue weighted by atomic mass is 15.2. The van der Waals surface area contributed by atoms with Crippen LogP contribution >= 0.6 is 0 Å². The Morgan fingerprint density at radius 1 is 1.43 bits per heavy atom. The van der Waals surface area contributed by atoms with Crippen molar-refractivity contribution in [3.05, 3.63) is 11.3 Å². The van der Waals surface area contributed by atoms with Gasteiger partial charge in [0.05, 0.1) is 0 Å². The molecule has 3 heteroatoms. The van der Waals surface area contributed by atoms with Crippen LogP contribution in [0.15, 0.2) is 0 Å². The average Bonchev–Trinajstić information content (AvgIpc) is 2.87. The molecule has 0 aliphatic heterocycles. The summed E-state index contributed by atoms with van der Waals surface area (Å²) in [6.07, 6.45) is 5.27. The van der Waals surface area contributed by atoms with Crippen molar-refractivity contribution in [2.24, 2.45) is 0 Å². The van der Waals surface area contributed by atoms with Gasteiger partial charge in [0.2, 0.25) is 0 Å². The van der Waals surface area contributed by atoms with Crippen LogP contribution in [-0.2, 0) is 0 Å². The summed E-state index contributed by atoms with van der Waals surface area (Å²) in [5.74, 6) is 2.72. The second kappa shape index (κ2) is 3.01. The maximum atomic E-state index is 4.38. The van der Waals surface area contributed by atoms with Crippen molar-refractivity contribution in [3.8, 4) is 0 Å². The molecule has 1 aromatic heterocycles. The summed E-state index contributed by atoms with van der Waals surface area (Å²) in [4.78, 5) is 0. The van der Waals surface area contributed by atoms with Crippen LogP contribution in [0.4, 0.5) is 5.82 Å². The molecule has 2 unspecified atom stereocenters. The molecule has 1 heterocycles. The van der Waals surface area contributed by atoms with Crippen LogP contribution in [-0.4, -0.2) is 16.7 Å². The summed E-state index contributed by atoms with van der Waals surface area (Å²) in [5.41, 5.74) is 2.94. The smallest absolute Gasteiger partial charge is 0.151 e. The maximum absolute atomic E-state index is 4.38. The number of H-pyrrole nitrogens is 1. The average molecular weight is 191 g/mol. The highest BCUT2D eigenvalue weighted by Gasteiger charge is 2.40. The second-order valence-electron chi connectivity index (χ2n) is 4.53. The molecule has 1 saturated carbocycles.